The van der Waals surface area contributed by atoms with Gasteiger partial charge >= 0.3 is 5.63 Å². The van der Waals surface area contributed by atoms with E-state index in [1.165, 1.54) is 23.4 Å². The van der Waals surface area contributed by atoms with Crippen molar-refractivity contribution in [1.82, 2.24) is 14.8 Å². The second kappa shape index (κ2) is 9.21. The predicted octanol–water partition coefficient (Wildman–Crippen LogP) is 4.77. The number of fused-ring (bicyclic) bond motifs is 1. The van der Waals surface area contributed by atoms with E-state index in [-0.39, 0.29) is 5.63 Å². The lowest BCUT2D eigenvalue weighted by atomic mass is 10.1. The minimum atomic E-state index is -0.381. The topological polar surface area (TPSA) is 73.4 Å². The van der Waals surface area contributed by atoms with Gasteiger partial charge in [0.2, 0.25) is 5.95 Å². The van der Waals surface area contributed by atoms with Gasteiger partial charge in [-0.25, -0.2) is 4.79 Å². The Hall–Kier alpha value is -2.81. The zero-order valence-corrected chi connectivity index (χ0v) is 19.9. The lowest BCUT2D eigenvalue weighted by Gasteiger charge is -2.28. The van der Waals surface area contributed by atoms with Gasteiger partial charge in [0.15, 0.2) is 5.16 Å². The molecule has 170 valence electrons. The van der Waals surface area contributed by atoms with E-state index in [1.807, 2.05) is 13.0 Å². The summed E-state index contributed by atoms with van der Waals surface area (Å²) < 4.78 is 13.0. The molecule has 1 aliphatic rings. The first-order chi connectivity index (χ1) is 16.0. The van der Waals surface area contributed by atoms with Gasteiger partial charge in [-0.15, -0.1) is 10.2 Å². The van der Waals surface area contributed by atoms with Crippen LogP contribution in [0.25, 0.3) is 16.7 Å². The Morgan fingerprint density at radius 1 is 1.06 bits per heavy atom. The molecule has 0 N–H and O–H groups in total. The molecule has 0 unspecified atom stereocenters. The number of ether oxygens (including phenoxy) is 1. The molecule has 1 aliphatic heterocycles. The maximum Gasteiger partial charge on any atom is 0.336 e. The molecule has 1 fully saturated rings. The molecular formula is C24H23ClN4O3S. The van der Waals surface area contributed by atoms with Crippen molar-refractivity contribution in [3.63, 3.8) is 0 Å². The van der Waals surface area contributed by atoms with Crippen LogP contribution in [0.2, 0.25) is 5.02 Å². The fraction of sp³-hybridized carbons (Fsp3) is 0.292. The zero-order valence-electron chi connectivity index (χ0n) is 18.4. The number of aromatic nitrogens is 3. The number of benzene rings is 2. The van der Waals surface area contributed by atoms with Crippen molar-refractivity contribution in [3.05, 3.63) is 74.6 Å². The van der Waals surface area contributed by atoms with Gasteiger partial charge in [-0.05, 0) is 49.2 Å². The van der Waals surface area contributed by atoms with Crippen molar-refractivity contribution in [2.75, 3.05) is 31.2 Å². The number of nitrogens with zero attached hydrogens (tertiary/aromatic N) is 4. The molecular weight excluding hydrogens is 460 g/mol. The molecule has 4 aromatic rings. The molecule has 0 amide bonds. The number of thioether (sulfide) groups is 1. The predicted molar refractivity (Wildman–Crippen MR) is 131 cm³/mol. The summed E-state index contributed by atoms with van der Waals surface area (Å²) in [5, 5.41) is 11.2. The first kappa shape index (κ1) is 22.0. The number of rotatable bonds is 5. The largest absolute Gasteiger partial charge is 0.423 e. The van der Waals surface area contributed by atoms with Gasteiger partial charge < -0.3 is 14.1 Å². The Kier molecular flexibility index (Phi) is 6.14. The standard InChI is InChI=1S/C24H23ClN4O3S/c1-15-3-5-18(6-4-15)29-23(28-7-9-31-10-8-28)26-27-24(29)33-14-17-12-22(30)32-21-11-16(2)20(25)13-19(17)21/h3-6,11-13H,7-10,14H2,1-2H3. The van der Waals surface area contributed by atoms with Crippen molar-refractivity contribution >= 4 is 40.3 Å². The molecule has 0 saturated carbocycles. The van der Waals surface area contributed by atoms with Crippen molar-refractivity contribution in [3.8, 4) is 5.69 Å². The van der Waals surface area contributed by atoms with E-state index < -0.39 is 0 Å². The first-order valence-corrected chi connectivity index (χ1v) is 12.1. The van der Waals surface area contributed by atoms with Gasteiger partial charge in [0.05, 0.1) is 18.9 Å². The molecule has 2 aromatic carbocycles. The Bertz CT molecular complexity index is 1360. The smallest absolute Gasteiger partial charge is 0.336 e. The highest BCUT2D eigenvalue weighted by atomic mass is 35.5. The second-order valence-corrected chi connectivity index (χ2v) is 9.38. The van der Waals surface area contributed by atoms with E-state index in [1.54, 1.807) is 6.07 Å². The molecule has 0 spiro atoms. The van der Waals surface area contributed by atoms with Crippen LogP contribution in [0.15, 0.2) is 56.8 Å². The van der Waals surface area contributed by atoms with Crippen LogP contribution >= 0.6 is 23.4 Å². The number of anilines is 1. The SMILES string of the molecule is Cc1ccc(-n2c(SCc3cc(=O)oc4cc(C)c(Cl)cc34)nnc2N2CCOCC2)cc1. The molecule has 3 heterocycles. The lowest BCUT2D eigenvalue weighted by molar-refractivity contribution is 0.122. The number of morpholine rings is 1. The molecule has 0 atom stereocenters. The van der Waals surface area contributed by atoms with Gasteiger partial charge in [-0.2, -0.15) is 0 Å². The molecule has 0 aliphatic carbocycles. The molecule has 9 heteroatoms. The van der Waals surface area contributed by atoms with E-state index in [2.05, 4.69) is 50.9 Å². The van der Waals surface area contributed by atoms with Crippen LogP contribution in [0, 0.1) is 13.8 Å². The van der Waals surface area contributed by atoms with Crippen molar-refractivity contribution in [2.45, 2.75) is 24.8 Å². The van der Waals surface area contributed by atoms with E-state index in [0.29, 0.717) is 29.6 Å². The number of aryl methyl sites for hydroxylation is 2. The highest BCUT2D eigenvalue weighted by Gasteiger charge is 2.22. The Morgan fingerprint density at radius 3 is 2.58 bits per heavy atom. The van der Waals surface area contributed by atoms with Crippen LogP contribution in [0.1, 0.15) is 16.7 Å². The molecule has 1 saturated heterocycles. The summed E-state index contributed by atoms with van der Waals surface area (Å²) in [6, 6.07) is 13.5. The monoisotopic (exact) mass is 482 g/mol. The fourth-order valence-corrected chi connectivity index (χ4v) is 4.96. The Balaban J connectivity index is 1.53. The molecule has 5 rings (SSSR count). The fourth-order valence-electron chi connectivity index (χ4n) is 3.85. The molecule has 0 bridgehead atoms. The summed E-state index contributed by atoms with van der Waals surface area (Å²) in [5.74, 6) is 1.31. The number of hydrogen-bond acceptors (Lipinski definition) is 7. The van der Waals surface area contributed by atoms with Crippen LogP contribution in [0.4, 0.5) is 5.95 Å². The van der Waals surface area contributed by atoms with Crippen LogP contribution in [0.3, 0.4) is 0 Å². The summed E-state index contributed by atoms with van der Waals surface area (Å²) >= 11 is 7.88. The quantitative estimate of drug-likeness (QED) is 0.299. The van der Waals surface area contributed by atoms with E-state index in [9.17, 15) is 4.79 Å². The summed E-state index contributed by atoms with van der Waals surface area (Å²) in [4.78, 5) is 14.4. The summed E-state index contributed by atoms with van der Waals surface area (Å²) in [5.41, 5.74) is 4.04. The zero-order chi connectivity index (χ0) is 22.9. The van der Waals surface area contributed by atoms with Gasteiger partial charge in [-0.1, -0.05) is 41.1 Å². The Morgan fingerprint density at radius 2 is 1.82 bits per heavy atom. The molecule has 2 aromatic heterocycles. The maximum atomic E-state index is 12.2. The van der Waals surface area contributed by atoms with E-state index >= 15 is 0 Å². The van der Waals surface area contributed by atoms with Crippen molar-refractivity contribution in [2.24, 2.45) is 0 Å². The minimum absolute atomic E-state index is 0.381. The maximum absolute atomic E-state index is 12.2. The number of halogens is 1. The van der Waals surface area contributed by atoms with Crippen LogP contribution in [0.5, 0.6) is 0 Å². The number of hydrogen-bond donors (Lipinski definition) is 0. The van der Waals surface area contributed by atoms with Crippen LogP contribution in [-0.4, -0.2) is 41.1 Å². The lowest BCUT2D eigenvalue weighted by Crippen LogP contribution is -2.37. The van der Waals surface area contributed by atoms with Crippen molar-refractivity contribution in [1.29, 1.82) is 0 Å². The van der Waals surface area contributed by atoms with Crippen LogP contribution in [-0.2, 0) is 10.5 Å². The first-order valence-electron chi connectivity index (χ1n) is 10.7. The average molecular weight is 483 g/mol. The highest BCUT2D eigenvalue weighted by molar-refractivity contribution is 7.98. The highest BCUT2D eigenvalue weighted by Crippen LogP contribution is 2.32. The van der Waals surface area contributed by atoms with E-state index in [4.69, 9.17) is 20.8 Å². The normalized spacial score (nSPS) is 14.2. The van der Waals surface area contributed by atoms with Gasteiger partial charge in [-0.3, -0.25) is 4.57 Å². The minimum Gasteiger partial charge on any atom is -0.423 e. The summed E-state index contributed by atoms with van der Waals surface area (Å²) in [7, 11) is 0. The van der Waals surface area contributed by atoms with Crippen molar-refractivity contribution < 1.29 is 9.15 Å². The molecule has 7 nitrogen and oxygen atoms in total. The second-order valence-electron chi connectivity index (χ2n) is 8.03. The average Bonchev–Trinajstić information content (AvgIpc) is 3.24. The third kappa shape index (κ3) is 4.51. The van der Waals surface area contributed by atoms with Gasteiger partial charge in [0, 0.05) is 35.3 Å². The van der Waals surface area contributed by atoms with Crippen LogP contribution < -0.4 is 10.5 Å². The third-order valence-electron chi connectivity index (χ3n) is 5.67. The van der Waals surface area contributed by atoms with Gasteiger partial charge in [0.1, 0.15) is 5.58 Å². The molecule has 0 radical (unpaired) electrons. The van der Waals surface area contributed by atoms with Gasteiger partial charge in [0.25, 0.3) is 0 Å². The van der Waals surface area contributed by atoms with E-state index in [0.717, 1.165) is 46.4 Å². The third-order valence-corrected chi connectivity index (χ3v) is 7.05. The molecule has 33 heavy (non-hydrogen) atoms. The summed E-state index contributed by atoms with van der Waals surface area (Å²) in [6.07, 6.45) is 0. The Labute approximate surface area is 200 Å². The summed E-state index contributed by atoms with van der Waals surface area (Å²) in [6.45, 7) is 6.80.